The number of rotatable bonds is 3. The highest BCUT2D eigenvalue weighted by Gasteiger charge is 2.37. The summed E-state index contributed by atoms with van der Waals surface area (Å²) in [4.78, 5) is 16.2. The second kappa shape index (κ2) is 4.70. The van der Waals surface area contributed by atoms with Gasteiger partial charge in [-0.05, 0) is 24.5 Å². The molecule has 1 fully saturated rings. The first-order valence-electron chi connectivity index (χ1n) is 7.12. The largest absolute Gasteiger partial charge is 0.477 e. The summed E-state index contributed by atoms with van der Waals surface area (Å²) in [6.07, 6.45) is 1.17. The molecule has 2 unspecified atom stereocenters. The van der Waals surface area contributed by atoms with Gasteiger partial charge in [0.05, 0.1) is 5.69 Å². The molecule has 0 amide bonds. The maximum Gasteiger partial charge on any atom is 0.347 e. The molecule has 1 saturated carbocycles. The van der Waals surface area contributed by atoms with Crippen molar-refractivity contribution in [1.82, 2.24) is 4.98 Å². The van der Waals surface area contributed by atoms with E-state index in [0.29, 0.717) is 33.2 Å². The summed E-state index contributed by atoms with van der Waals surface area (Å²) in [7, 11) is 0. The molecule has 0 spiro atoms. The number of carboxylic acids is 1. The second-order valence-corrected chi connectivity index (χ2v) is 7.77. The summed E-state index contributed by atoms with van der Waals surface area (Å²) < 4.78 is 5.88. The molecular weight excluding hydrogens is 286 g/mol. The van der Waals surface area contributed by atoms with Gasteiger partial charge in [0.15, 0.2) is 10.8 Å². The van der Waals surface area contributed by atoms with Crippen LogP contribution in [0.25, 0.3) is 10.8 Å². The van der Waals surface area contributed by atoms with Crippen molar-refractivity contribution >= 4 is 17.3 Å². The summed E-state index contributed by atoms with van der Waals surface area (Å²) in [5.41, 5.74) is 0.316. The molecule has 0 aromatic carbocycles. The number of furan rings is 1. The molecule has 1 N–H and O–H groups in total. The van der Waals surface area contributed by atoms with Gasteiger partial charge < -0.3 is 9.52 Å². The second-order valence-electron chi connectivity index (χ2n) is 6.77. The maximum absolute atomic E-state index is 11.4. The number of hydrogen-bond acceptors (Lipinski definition) is 4. The molecule has 1 aliphatic carbocycles. The van der Waals surface area contributed by atoms with E-state index in [9.17, 15) is 9.90 Å². The van der Waals surface area contributed by atoms with Crippen LogP contribution in [0.15, 0.2) is 16.5 Å². The van der Waals surface area contributed by atoms with Crippen molar-refractivity contribution < 1.29 is 14.3 Å². The van der Waals surface area contributed by atoms with Crippen LogP contribution in [0, 0.1) is 5.92 Å². The van der Waals surface area contributed by atoms with Crippen molar-refractivity contribution in [2.75, 3.05) is 0 Å². The smallest absolute Gasteiger partial charge is 0.347 e. The van der Waals surface area contributed by atoms with Crippen LogP contribution in [0.4, 0.5) is 0 Å². The standard InChI is InChI=1S/C16H19NO3S/c1-8-7-9(8)10-5-6-11(20-10)14-17-13(16(2,3)4)12(21-14)15(18)19/h5-6,8-9H,7H2,1-4H3,(H,18,19). The highest BCUT2D eigenvalue weighted by molar-refractivity contribution is 7.17. The Morgan fingerprint density at radius 3 is 2.57 bits per heavy atom. The van der Waals surface area contributed by atoms with E-state index in [1.807, 2.05) is 32.9 Å². The highest BCUT2D eigenvalue weighted by Crippen LogP contribution is 2.48. The van der Waals surface area contributed by atoms with E-state index in [0.717, 1.165) is 5.76 Å². The average molecular weight is 305 g/mol. The Balaban J connectivity index is 1.99. The maximum atomic E-state index is 11.4. The molecule has 3 rings (SSSR count). The number of carbonyl (C=O) groups is 1. The van der Waals surface area contributed by atoms with E-state index in [1.165, 1.54) is 17.8 Å². The number of thiazole rings is 1. The Morgan fingerprint density at radius 2 is 2.10 bits per heavy atom. The Kier molecular flexibility index (Phi) is 3.20. The van der Waals surface area contributed by atoms with Gasteiger partial charge in [-0.3, -0.25) is 0 Å². The lowest BCUT2D eigenvalue weighted by molar-refractivity contribution is 0.0699. The third-order valence-corrected chi connectivity index (χ3v) is 4.90. The molecule has 21 heavy (non-hydrogen) atoms. The Bertz CT molecular complexity index is 693. The quantitative estimate of drug-likeness (QED) is 0.905. The minimum absolute atomic E-state index is 0.301. The van der Waals surface area contributed by atoms with Gasteiger partial charge >= 0.3 is 5.97 Å². The van der Waals surface area contributed by atoms with Crippen molar-refractivity contribution in [3.05, 3.63) is 28.5 Å². The normalized spacial score (nSPS) is 21.5. The Hall–Kier alpha value is -1.62. The zero-order chi connectivity index (χ0) is 15.4. The van der Waals surface area contributed by atoms with Crippen molar-refractivity contribution in [2.24, 2.45) is 5.92 Å². The lowest BCUT2D eigenvalue weighted by Crippen LogP contribution is -2.16. The monoisotopic (exact) mass is 305 g/mol. The Morgan fingerprint density at radius 1 is 1.43 bits per heavy atom. The van der Waals surface area contributed by atoms with Crippen LogP contribution in [0.5, 0.6) is 0 Å². The van der Waals surface area contributed by atoms with E-state index < -0.39 is 5.97 Å². The number of aromatic carboxylic acids is 1. The summed E-state index contributed by atoms with van der Waals surface area (Å²) >= 11 is 1.19. The summed E-state index contributed by atoms with van der Waals surface area (Å²) in [6.45, 7) is 8.11. The van der Waals surface area contributed by atoms with Crippen molar-refractivity contribution in [1.29, 1.82) is 0 Å². The minimum Gasteiger partial charge on any atom is -0.477 e. The molecule has 1 aliphatic rings. The zero-order valence-corrected chi connectivity index (χ0v) is 13.5. The fourth-order valence-electron chi connectivity index (χ4n) is 2.46. The van der Waals surface area contributed by atoms with Gasteiger partial charge in [0.25, 0.3) is 0 Å². The van der Waals surface area contributed by atoms with E-state index in [4.69, 9.17) is 4.42 Å². The predicted octanol–water partition coefficient (Wildman–Crippen LogP) is 4.52. The first-order chi connectivity index (χ1) is 9.77. The summed E-state index contributed by atoms with van der Waals surface area (Å²) in [5, 5.41) is 10.0. The van der Waals surface area contributed by atoms with Crippen molar-refractivity contribution in [2.45, 2.75) is 45.4 Å². The van der Waals surface area contributed by atoms with Crippen LogP contribution in [-0.2, 0) is 5.41 Å². The summed E-state index contributed by atoms with van der Waals surface area (Å²) in [5.74, 6) is 1.93. The third kappa shape index (κ3) is 2.62. The first-order valence-corrected chi connectivity index (χ1v) is 7.93. The molecule has 2 aromatic rings. The van der Waals surface area contributed by atoms with Gasteiger partial charge in [-0.15, -0.1) is 11.3 Å². The first kappa shape index (κ1) is 14.3. The molecule has 4 nitrogen and oxygen atoms in total. The van der Waals surface area contributed by atoms with E-state index >= 15 is 0 Å². The fraction of sp³-hybridized carbons (Fsp3) is 0.500. The van der Waals surface area contributed by atoms with Crippen LogP contribution in [-0.4, -0.2) is 16.1 Å². The molecule has 0 bridgehead atoms. The van der Waals surface area contributed by atoms with Crippen LogP contribution in [0.3, 0.4) is 0 Å². The molecule has 0 radical (unpaired) electrons. The SMILES string of the molecule is CC1CC1c1ccc(-c2nc(C(C)(C)C)c(C(=O)O)s2)o1. The van der Waals surface area contributed by atoms with Gasteiger partial charge in [-0.2, -0.15) is 0 Å². The minimum atomic E-state index is -0.925. The molecule has 2 aromatic heterocycles. The van der Waals surface area contributed by atoms with E-state index in [-0.39, 0.29) is 5.41 Å². The van der Waals surface area contributed by atoms with Crippen molar-refractivity contribution in [3.8, 4) is 10.8 Å². The molecular formula is C16H19NO3S. The number of carboxylic acid groups (broad SMARTS) is 1. The van der Waals surface area contributed by atoms with Crippen LogP contribution in [0.2, 0.25) is 0 Å². The molecule has 2 heterocycles. The lowest BCUT2D eigenvalue weighted by atomic mass is 9.91. The van der Waals surface area contributed by atoms with Crippen LogP contribution < -0.4 is 0 Å². The van der Waals surface area contributed by atoms with Gasteiger partial charge in [0, 0.05) is 11.3 Å². The molecule has 2 atom stereocenters. The third-order valence-electron chi connectivity index (χ3n) is 3.84. The molecule has 0 aliphatic heterocycles. The Labute approximate surface area is 127 Å². The van der Waals surface area contributed by atoms with Gasteiger partial charge in [0.2, 0.25) is 0 Å². The highest BCUT2D eigenvalue weighted by atomic mass is 32.1. The van der Waals surface area contributed by atoms with Crippen LogP contribution >= 0.6 is 11.3 Å². The van der Waals surface area contributed by atoms with E-state index in [2.05, 4.69) is 11.9 Å². The van der Waals surface area contributed by atoms with E-state index in [1.54, 1.807) is 0 Å². The molecule has 112 valence electrons. The lowest BCUT2D eigenvalue weighted by Gasteiger charge is -2.15. The molecule has 0 saturated heterocycles. The van der Waals surface area contributed by atoms with Gasteiger partial charge in [-0.1, -0.05) is 27.7 Å². The number of nitrogens with zero attached hydrogens (tertiary/aromatic N) is 1. The zero-order valence-electron chi connectivity index (χ0n) is 12.6. The number of aromatic nitrogens is 1. The fourth-order valence-corrected chi connectivity index (χ4v) is 3.54. The predicted molar refractivity (Wildman–Crippen MR) is 82.0 cm³/mol. The molecule has 5 heteroatoms. The number of hydrogen-bond donors (Lipinski definition) is 1. The van der Waals surface area contributed by atoms with Gasteiger partial charge in [-0.25, -0.2) is 9.78 Å². The van der Waals surface area contributed by atoms with Gasteiger partial charge in [0.1, 0.15) is 10.6 Å². The topological polar surface area (TPSA) is 63.3 Å². The average Bonchev–Trinajstić information content (AvgIpc) is 2.86. The van der Waals surface area contributed by atoms with Crippen LogP contribution in [0.1, 0.15) is 61.2 Å². The summed E-state index contributed by atoms with van der Waals surface area (Å²) in [6, 6.07) is 3.89. The van der Waals surface area contributed by atoms with Crippen molar-refractivity contribution in [3.63, 3.8) is 0 Å².